The maximum absolute atomic E-state index is 3.74. The first-order chi connectivity index (χ1) is 8.88. The number of rotatable bonds is 11. The molecule has 0 heterocycles. The maximum atomic E-state index is 3.74. The summed E-state index contributed by atoms with van der Waals surface area (Å²) >= 11 is 3.74. The average molecular weight is 317 g/mol. The first-order valence-electron chi connectivity index (χ1n) is 8.44. The summed E-state index contributed by atoms with van der Waals surface area (Å²) in [5, 5.41) is 1.24. The number of unbranched alkanes of at least 4 members (excludes halogenated alkanes) is 7. The van der Waals surface area contributed by atoms with Crippen molar-refractivity contribution < 1.29 is 0 Å². The van der Waals surface area contributed by atoms with Gasteiger partial charge in [0, 0.05) is 5.33 Å². The highest BCUT2D eigenvalue weighted by molar-refractivity contribution is 9.09. The molecule has 108 valence electrons. The Balaban J connectivity index is 1.92. The molecule has 0 aromatic carbocycles. The predicted octanol–water partition coefficient (Wildman–Crippen LogP) is 6.72. The molecule has 1 aliphatic rings. The van der Waals surface area contributed by atoms with Gasteiger partial charge in [-0.15, -0.1) is 0 Å². The third kappa shape index (κ3) is 7.16. The van der Waals surface area contributed by atoms with Gasteiger partial charge >= 0.3 is 0 Å². The SMILES string of the molecule is CCCCCCCCCCC(CBr)C1CCCC1. The summed E-state index contributed by atoms with van der Waals surface area (Å²) in [7, 11) is 0. The molecule has 0 N–H and O–H groups in total. The van der Waals surface area contributed by atoms with E-state index in [-0.39, 0.29) is 0 Å². The van der Waals surface area contributed by atoms with Crippen LogP contribution in [0, 0.1) is 11.8 Å². The molecule has 1 rings (SSSR count). The van der Waals surface area contributed by atoms with E-state index in [1.165, 1.54) is 88.8 Å². The van der Waals surface area contributed by atoms with Crippen molar-refractivity contribution in [2.45, 2.75) is 90.4 Å². The van der Waals surface area contributed by atoms with Gasteiger partial charge in [-0.2, -0.15) is 0 Å². The van der Waals surface area contributed by atoms with Gasteiger partial charge < -0.3 is 0 Å². The zero-order valence-electron chi connectivity index (χ0n) is 12.4. The lowest BCUT2D eigenvalue weighted by atomic mass is 9.88. The fraction of sp³-hybridized carbons (Fsp3) is 1.00. The van der Waals surface area contributed by atoms with E-state index in [0.717, 1.165) is 11.8 Å². The van der Waals surface area contributed by atoms with Gasteiger partial charge in [-0.3, -0.25) is 0 Å². The van der Waals surface area contributed by atoms with Crippen molar-refractivity contribution in [2.24, 2.45) is 11.8 Å². The highest BCUT2D eigenvalue weighted by Gasteiger charge is 2.23. The van der Waals surface area contributed by atoms with E-state index in [0.29, 0.717) is 0 Å². The van der Waals surface area contributed by atoms with E-state index in [1.54, 1.807) is 0 Å². The highest BCUT2D eigenvalue weighted by Crippen LogP contribution is 2.35. The molecule has 0 aromatic rings. The van der Waals surface area contributed by atoms with Crippen LogP contribution >= 0.6 is 15.9 Å². The molecule has 0 radical (unpaired) electrons. The van der Waals surface area contributed by atoms with Crippen LogP contribution in [0.3, 0.4) is 0 Å². The molecule has 0 aromatic heterocycles. The zero-order chi connectivity index (χ0) is 13.1. The summed E-state index contributed by atoms with van der Waals surface area (Å²) < 4.78 is 0. The molecule has 0 spiro atoms. The summed E-state index contributed by atoms with van der Waals surface area (Å²) in [6.07, 6.45) is 19.1. The van der Waals surface area contributed by atoms with Gasteiger partial charge in [-0.1, -0.05) is 99.9 Å². The second kappa shape index (κ2) is 11.3. The first-order valence-corrected chi connectivity index (χ1v) is 9.56. The van der Waals surface area contributed by atoms with Gasteiger partial charge in [0.1, 0.15) is 0 Å². The molecule has 1 aliphatic carbocycles. The summed E-state index contributed by atoms with van der Waals surface area (Å²) in [6.45, 7) is 2.30. The lowest BCUT2D eigenvalue weighted by molar-refractivity contribution is 0.341. The second-order valence-corrected chi connectivity index (χ2v) is 6.87. The van der Waals surface area contributed by atoms with Crippen LogP contribution in [0.1, 0.15) is 90.4 Å². The van der Waals surface area contributed by atoms with Crippen LogP contribution in [0.15, 0.2) is 0 Å². The lowest BCUT2D eigenvalue weighted by Crippen LogP contribution is -2.13. The summed E-state index contributed by atoms with van der Waals surface area (Å²) in [5.41, 5.74) is 0. The van der Waals surface area contributed by atoms with Crippen molar-refractivity contribution in [2.75, 3.05) is 5.33 Å². The number of alkyl halides is 1. The van der Waals surface area contributed by atoms with Gasteiger partial charge in [0.15, 0.2) is 0 Å². The maximum Gasteiger partial charge on any atom is 0.00623 e. The highest BCUT2D eigenvalue weighted by atomic mass is 79.9. The molecule has 0 nitrogen and oxygen atoms in total. The third-order valence-electron chi connectivity index (χ3n) is 4.69. The molecule has 1 heteroatoms. The van der Waals surface area contributed by atoms with Crippen LogP contribution in [0.25, 0.3) is 0 Å². The zero-order valence-corrected chi connectivity index (χ0v) is 14.0. The van der Waals surface area contributed by atoms with Crippen molar-refractivity contribution >= 4 is 15.9 Å². The smallest absolute Gasteiger partial charge is 0.00623 e. The topological polar surface area (TPSA) is 0 Å². The minimum Gasteiger partial charge on any atom is -0.0925 e. The Morgan fingerprint density at radius 2 is 1.44 bits per heavy atom. The van der Waals surface area contributed by atoms with Crippen LogP contribution in [-0.4, -0.2) is 5.33 Å². The van der Waals surface area contributed by atoms with Crippen molar-refractivity contribution in [1.82, 2.24) is 0 Å². The third-order valence-corrected chi connectivity index (χ3v) is 5.52. The normalized spacial score (nSPS) is 18.3. The first kappa shape index (κ1) is 16.5. The molecular formula is C17H33Br. The van der Waals surface area contributed by atoms with Crippen LogP contribution < -0.4 is 0 Å². The largest absolute Gasteiger partial charge is 0.0925 e. The Labute approximate surface area is 123 Å². The van der Waals surface area contributed by atoms with Crippen LogP contribution in [0.4, 0.5) is 0 Å². The predicted molar refractivity (Wildman–Crippen MR) is 86.5 cm³/mol. The standard InChI is InChI=1S/C17H33Br/c1-2-3-4-5-6-7-8-9-14-17(15-18)16-12-10-11-13-16/h16-17H,2-15H2,1H3. The minimum atomic E-state index is 0.979. The van der Waals surface area contributed by atoms with E-state index in [9.17, 15) is 0 Å². The van der Waals surface area contributed by atoms with Crippen LogP contribution in [0.5, 0.6) is 0 Å². The minimum absolute atomic E-state index is 0.979. The average Bonchev–Trinajstić information content (AvgIpc) is 2.91. The van der Waals surface area contributed by atoms with E-state index in [1.807, 2.05) is 0 Å². The summed E-state index contributed by atoms with van der Waals surface area (Å²) in [5.74, 6) is 2.03. The molecule has 1 atom stereocenters. The Bertz CT molecular complexity index is 172. The number of hydrogen-bond donors (Lipinski definition) is 0. The van der Waals surface area contributed by atoms with Crippen molar-refractivity contribution in [3.05, 3.63) is 0 Å². The van der Waals surface area contributed by atoms with Crippen LogP contribution in [0.2, 0.25) is 0 Å². The second-order valence-electron chi connectivity index (χ2n) is 6.22. The Morgan fingerprint density at radius 3 is 2.00 bits per heavy atom. The van der Waals surface area contributed by atoms with Gasteiger partial charge in [0.25, 0.3) is 0 Å². The van der Waals surface area contributed by atoms with Crippen molar-refractivity contribution in [3.8, 4) is 0 Å². The molecule has 0 saturated heterocycles. The Hall–Kier alpha value is 0.480. The van der Waals surface area contributed by atoms with Gasteiger partial charge in [-0.25, -0.2) is 0 Å². The molecule has 0 bridgehead atoms. The molecule has 0 amide bonds. The molecule has 1 saturated carbocycles. The van der Waals surface area contributed by atoms with Crippen molar-refractivity contribution in [3.63, 3.8) is 0 Å². The monoisotopic (exact) mass is 316 g/mol. The Kier molecular flexibility index (Phi) is 10.4. The number of halogens is 1. The lowest BCUT2D eigenvalue weighted by Gasteiger charge is -2.20. The molecule has 18 heavy (non-hydrogen) atoms. The van der Waals surface area contributed by atoms with Gasteiger partial charge in [0.2, 0.25) is 0 Å². The van der Waals surface area contributed by atoms with Crippen molar-refractivity contribution in [1.29, 1.82) is 0 Å². The fourth-order valence-corrected chi connectivity index (χ4v) is 4.26. The molecule has 1 unspecified atom stereocenters. The summed E-state index contributed by atoms with van der Waals surface area (Å²) in [6, 6.07) is 0. The fourth-order valence-electron chi connectivity index (χ4n) is 3.41. The van der Waals surface area contributed by atoms with Crippen LogP contribution in [-0.2, 0) is 0 Å². The summed E-state index contributed by atoms with van der Waals surface area (Å²) in [4.78, 5) is 0. The molecule has 0 aliphatic heterocycles. The van der Waals surface area contributed by atoms with E-state index in [2.05, 4.69) is 22.9 Å². The molecular weight excluding hydrogens is 284 g/mol. The Morgan fingerprint density at radius 1 is 0.889 bits per heavy atom. The van der Waals surface area contributed by atoms with E-state index in [4.69, 9.17) is 0 Å². The van der Waals surface area contributed by atoms with Gasteiger partial charge in [0.05, 0.1) is 0 Å². The van der Waals surface area contributed by atoms with Gasteiger partial charge in [-0.05, 0) is 18.3 Å². The number of hydrogen-bond acceptors (Lipinski definition) is 0. The van der Waals surface area contributed by atoms with E-state index >= 15 is 0 Å². The quantitative estimate of drug-likeness (QED) is 0.293. The molecule has 1 fully saturated rings. The van der Waals surface area contributed by atoms with E-state index < -0.39 is 0 Å².